The number of hydrogen-bond acceptors (Lipinski definition) is 4. The predicted octanol–water partition coefficient (Wildman–Crippen LogP) is 7.79. The molecule has 1 fully saturated rings. The average molecular weight is 610 g/mol. The number of nitrogens with one attached hydrogen (secondary N) is 2. The Morgan fingerprint density at radius 2 is 1.67 bits per heavy atom. The molecule has 0 aliphatic heterocycles. The highest BCUT2D eigenvalue weighted by atomic mass is 35.5. The molecular formula is C33H35ClF3N5O. The number of hydrogen-bond donors (Lipinski definition) is 2. The van der Waals surface area contributed by atoms with Crippen molar-refractivity contribution in [3.05, 3.63) is 107 Å². The molecular weight excluding hydrogens is 575 g/mol. The van der Waals surface area contributed by atoms with Gasteiger partial charge < -0.3 is 15.2 Å². The lowest BCUT2D eigenvalue weighted by Crippen LogP contribution is -2.41. The average Bonchev–Trinajstić information content (AvgIpc) is 3.54. The molecule has 4 aromatic rings. The second-order valence-electron chi connectivity index (χ2n) is 11.1. The van der Waals surface area contributed by atoms with E-state index in [1.54, 1.807) is 0 Å². The number of alkyl halides is 3. The lowest BCUT2D eigenvalue weighted by atomic mass is 9.84. The maximum Gasteiger partial charge on any atom is 0.416 e. The topological polar surface area (TPSA) is 71.8 Å². The van der Waals surface area contributed by atoms with E-state index in [1.807, 2.05) is 59.4 Å². The summed E-state index contributed by atoms with van der Waals surface area (Å²) in [6.45, 7) is 0.128. The van der Waals surface area contributed by atoms with Crippen molar-refractivity contribution < 1.29 is 18.0 Å². The van der Waals surface area contributed by atoms with E-state index in [2.05, 4.69) is 10.6 Å². The molecule has 2 aromatic heterocycles. The molecule has 2 aromatic carbocycles. The van der Waals surface area contributed by atoms with Gasteiger partial charge in [0.05, 0.1) is 5.56 Å². The number of halogens is 4. The maximum absolute atomic E-state index is 13.5. The monoisotopic (exact) mass is 609 g/mol. The zero-order valence-corrected chi connectivity index (χ0v) is 24.5. The molecule has 1 unspecified atom stereocenters. The van der Waals surface area contributed by atoms with E-state index in [0.717, 1.165) is 43.4 Å². The van der Waals surface area contributed by atoms with Crippen molar-refractivity contribution in [2.75, 3.05) is 5.32 Å². The van der Waals surface area contributed by atoms with Gasteiger partial charge in [-0.1, -0.05) is 68.0 Å². The number of rotatable bonds is 11. The summed E-state index contributed by atoms with van der Waals surface area (Å²) < 4.78 is 40.8. The summed E-state index contributed by atoms with van der Waals surface area (Å²) in [6.07, 6.45) is 6.95. The third-order valence-corrected chi connectivity index (χ3v) is 8.07. The standard InChI is InChI=1S/C33H35ClF3N5O/c34-27-10-6-9-24(19-27)13-16-29-40-30(21-31(41-29)42-17-4-5-18-42)39-28(20-23-7-2-1-3-8-23)32(43)38-22-25-11-14-26(15-12-25)33(35,36)37/h4-6,9-12,14-15,17-19,21,23,28H,1-3,7-8,13,16,20,22H2,(H,38,43)(H,39,40,41). The minimum absolute atomic E-state index is 0.128. The number of aryl methyl sites for hydroxylation is 2. The van der Waals surface area contributed by atoms with Crippen molar-refractivity contribution >= 4 is 23.3 Å². The maximum atomic E-state index is 13.5. The molecule has 1 amide bonds. The van der Waals surface area contributed by atoms with Crippen LogP contribution in [-0.4, -0.2) is 26.5 Å². The largest absolute Gasteiger partial charge is 0.416 e. The second-order valence-corrected chi connectivity index (χ2v) is 11.5. The smallest absolute Gasteiger partial charge is 0.358 e. The number of benzene rings is 2. The Labute approximate surface area is 254 Å². The van der Waals surface area contributed by atoms with Gasteiger partial charge in [0.15, 0.2) is 0 Å². The number of amides is 1. The number of carbonyl (C=O) groups is 1. The van der Waals surface area contributed by atoms with Crippen LogP contribution in [0.5, 0.6) is 0 Å². The summed E-state index contributed by atoms with van der Waals surface area (Å²) in [4.78, 5) is 23.1. The second kappa shape index (κ2) is 14.1. The van der Waals surface area contributed by atoms with Crippen LogP contribution in [0.4, 0.5) is 19.0 Å². The molecule has 5 rings (SSSR count). The summed E-state index contributed by atoms with van der Waals surface area (Å²) in [5.41, 5.74) is 0.959. The van der Waals surface area contributed by atoms with E-state index in [1.165, 1.54) is 18.6 Å². The number of nitrogens with zero attached hydrogens (tertiary/aromatic N) is 3. The fourth-order valence-corrected chi connectivity index (χ4v) is 5.74. The molecule has 1 aliphatic rings. The molecule has 0 radical (unpaired) electrons. The number of carbonyl (C=O) groups excluding carboxylic acids is 1. The van der Waals surface area contributed by atoms with Gasteiger partial charge in [0.25, 0.3) is 0 Å². The Bertz CT molecular complexity index is 1490. The first-order valence-electron chi connectivity index (χ1n) is 14.7. The van der Waals surface area contributed by atoms with Crippen LogP contribution in [0, 0.1) is 5.92 Å². The third-order valence-electron chi connectivity index (χ3n) is 7.83. The Hall–Kier alpha value is -3.85. The van der Waals surface area contributed by atoms with Crippen molar-refractivity contribution in [1.82, 2.24) is 19.9 Å². The van der Waals surface area contributed by atoms with Gasteiger partial charge in [-0.15, -0.1) is 0 Å². The Morgan fingerprint density at radius 3 is 2.37 bits per heavy atom. The SMILES string of the molecule is O=C(NCc1ccc(C(F)(F)F)cc1)C(CC1CCCCC1)Nc1cc(-n2cccc2)nc(CCc2cccc(Cl)c2)n1. The molecule has 0 bridgehead atoms. The van der Waals surface area contributed by atoms with Gasteiger partial charge in [-0.3, -0.25) is 4.79 Å². The number of aromatic nitrogens is 3. The van der Waals surface area contributed by atoms with E-state index < -0.39 is 17.8 Å². The molecule has 6 nitrogen and oxygen atoms in total. The first-order valence-corrected chi connectivity index (χ1v) is 15.1. The molecule has 226 valence electrons. The fourth-order valence-electron chi connectivity index (χ4n) is 5.53. The zero-order valence-electron chi connectivity index (χ0n) is 23.8. The van der Waals surface area contributed by atoms with E-state index in [9.17, 15) is 18.0 Å². The molecule has 2 N–H and O–H groups in total. The van der Waals surface area contributed by atoms with Gasteiger partial charge >= 0.3 is 6.18 Å². The first-order chi connectivity index (χ1) is 20.7. The van der Waals surface area contributed by atoms with Crippen LogP contribution in [0.15, 0.2) is 79.1 Å². The summed E-state index contributed by atoms with van der Waals surface area (Å²) >= 11 is 6.17. The highest BCUT2D eigenvalue weighted by molar-refractivity contribution is 6.30. The highest BCUT2D eigenvalue weighted by Crippen LogP contribution is 2.30. The quantitative estimate of drug-likeness (QED) is 0.182. The summed E-state index contributed by atoms with van der Waals surface area (Å²) in [5, 5.41) is 7.00. The summed E-state index contributed by atoms with van der Waals surface area (Å²) in [7, 11) is 0. The summed E-state index contributed by atoms with van der Waals surface area (Å²) in [5.74, 6) is 2.05. The van der Waals surface area contributed by atoms with Crippen LogP contribution in [0.1, 0.15) is 61.0 Å². The predicted molar refractivity (Wildman–Crippen MR) is 162 cm³/mol. The molecule has 2 heterocycles. The zero-order chi connectivity index (χ0) is 30.2. The van der Waals surface area contributed by atoms with Crippen LogP contribution < -0.4 is 10.6 Å². The molecule has 1 aliphatic carbocycles. The van der Waals surface area contributed by atoms with Gasteiger partial charge in [-0.25, -0.2) is 9.97 Å². The molecule has 1 atom stereocenters. The molecule has 10 heteroatoms. The van der Waals surface area contributed by atoms with Crippen molar-refractivity contribution in [2.24, 2.45) is 5.92 Å². The molecule has 0 saturated heterocycles. The molecule has 43 heavy (non-hydrogen) atoms. The van der Waals surface area contributed by atoms with Gasteiger partial charge in [0.2, 0.25) is 5.91 Å². The van der Waals surface area contributed by atoms with E-state index in [-0.39, 0.29) is 12.5 Å². The van der Waals surface area contributed by atoms with Gasteiger partial charge in [0.1, 0.15) is 23.5 Å². The van der Waals surface area contributed by atoms with Crippen LogP contribution >= 0.6 is 11.6 Å². The van der Waals surface area contributed by atoms with Crippen LogP contribution in [0.3, 0.4) is 0 Å². The van der Waals surface area contributed by atoms with Gasteiger partial charge in [-0.05, 0) is 66.3 Å². The minimum atomic E-state index is -4.40. The van der Waals surface area contributed by atoms with Crippen LogP contribution in [-0.2, 0) is 30.4 Å². The normalized spacial score (nSPS) is 14.8. The Kier molecular flexibility index (Phi) is 10.0. The third kappa shape index (κ3) is 8.83. The van der Waals surface area contributed by atoms with Gasteiger partial charge in [-0.2, -0.15) is 13.2 Å². The van der Waals surface area contributed by atoms with Crippen molar-refractivity contribution in [1.29, 1.82) is 0 Å². The fraction of sp³-hybridized carbons (Fsp3) is 0.364. The van der Waals surface area contributed by atoms with Crippen molar-refractivity contribution in [3.8, 4) is 5.82 Å². The lowest BCUT2D eigenvalue weighted by molar-refractivity contribution is -0.137. The van der Waals surface area contributed by atoms with E-state index in [4.69, 9.17) is 21.6 Å². The highest BCUT2D eigenvalue weighted by Gasteiger charge is 2.30. The number of anilines is 1. The van der Waals surface area contributed by atoms with Gasteiger partial charge in [0, 0.05) is 36.4 Å². The van der Waals surface area contributed by atoms with Crippen LogP contribution in [0.2, 0.25) is 5.02 Å². The van der Waals surface area contributed by atoms with Crippen LogP contribution in [0.25, 0.3) is 5.82 Å². The first kappa shape index (κ1) is 30.6. The molecule has 0 spiro atoms. The molecule has 1 saturated carbocycles. The van der Waals surface area contributed by atoms with Crippen molar-refractivity contribution in [3.63, 3.8) is 0 Å². The Morgan fingerprint density at radius 1 is 0.930 bits per heavy atom. The Balaban J connectivity index is 1.34. The summed E-state index contributed by atoms with van der Waals surface area (Å²) in [6, 6.07) is 17.7. The van der Waals surface area contributed by atoms with E-state index >= 15 is 0 Å². The lowest BCUT2D eigenvalue weighted by Gasteiger charge is -2.27. The van der Waals surface area contributed by atoms with E-state index in [0.29, 0.717) is 53.2 Å². The van der Waals surface area contributed by atoms with Crippen molar-refractivity contribution in [2.45, 2.75) is 70.1 Å². The minimum Gasteiger partial charge on any atom is -0.358 e.